The van der Waals surface area contributed by atoms with Gasteiger partial charge in [0.05, 0.1) is 19.3 Å². The minimum Gasteiger partial charge on any atom is -0.490 e. The summed E-state index contributed by atoms with van der Waals surface area (Å²) in [6.07, 6.45) is 4.31. The number of anilines is 1. The SMILES string of the molecule is CCOc1ccc(C(NC(=O)c2ccc(N3CC=CC3)cc2)C(C)C)cc1OCC. The Kier molecular flexibility index (Phi) is 7.39. The van der Waals surface area contributed by atoms with E-state index < -0.39 is 0 Å². The van der Waals surface area contributed by atoms with Crippen molar-refractivity contribution in [1.29, 1.82) is 0 Å². The van der Waals surface area contributed by atoms with Crippen LogP contribution in [0, 0.1) is 5.92 Å². The molecule has 160 valence electrons. The molecule has 0 aromatic heterocycles. The van der Waals surface area contributed by atoms with Crippen LogP contribution in [0.5, 0.6) is 11.5 Å². The molecule has 3 rings (SSSR count). The van der Waals surface area contributed by atoms with Crippen molar-refractivity contribution in [2.75, 3.05) is 31.2 Å². The summed E-state index contributed by atoms with van der Waals surface area (Å²) >= 11 is 0. The maximum Gasteiger partial charge on any atom is 0.251 e. The molecule has 1 atom stereocenters. The number of hydrogen-bond acceptors (Lipinski definition) is 4. The molecule has 1 aliphatic heterocycles. The summed E-state index contributed by atoms with van der Waals surface area (Å²) in [4.78, 5) is 15.2. The zero-order valence-corrected chi connectivity index (χ0v) is 18.4. The van der Waals surface area contributed by atoms with Gasteiger partial charge >= 0.3 is 0 Å². The van der Waals surface area contributed by atoms with E-state index in [1.54, 1.807) is 0 Å². The van der Waals surface area contributed by atoms with Crippen LogP contribution in [0.4, 0.5) is 5.69 Å². The molecule has 0 bridgehead atoms. The second-order valence-electron chi connectivity index (χ2n) is 7.69. The van der Waals surface area contributed by atoms with Gasteiger partial charge in [-0.25, -0.2) is 0 Å². The highest BCUT2D eigenvalue weighted by atomic mass is 16.5. The molecule has 5 nitrogen and oxygen atoms in total. The van der Waals surface area contributed by atoms with E-state index in [2.05, 4.69) is 36.2 Å². The number of ether oxygens (including phenoxy) is 2. The maximum absolute atomic E-state index is 13.0. The zero-order valence-electron chi connectivity index (χ0n) is 18.4. The highest BCUT2D eigenvalue weighted by Crippen LogP contribution is 2.33. The summed E-state index contributed by atoms with van der Waals surface area (Å²) in [5.41, 5.74) is 2.79. The fraction of sp³-hybridized carbons (Fsp3) is 0.400. The molecule has 2 aromatic carbocycles. The first-order valence-electron chi connectivity index (χ1n) is 10.7. The first-order valence-corrected chi connectivity index (χ1v) is 10.7. The molecule has 0 saturated carbocycles. The first kappa shape index (κ1) is 21.8. The maximum atomic E-state index is 13.0. The van der Waals surface area contributed by atoms with Crippen LogP contribution in [0.1, 0.15) is 49.7 Å². The molecule has 1 aliphatic rings. The van der Waals surface area contributed by atoms with Crippen molar-refractivity contribution in [3.8, 4) is 11.5 Å². The van der Waals surface area contributed by atoms with Gasteiger partial charge in [-0.1, -0.05) is 32.1 Å². The van der Waals surface area contributed by atoms with Crippen LogP contribution in [0.2, 0.25) is 0 Å². The summed E-state index contributed by atoms with van der Waals surface area (Å²) in [6.45, 7) is 11.1. The molecule has 1 amide bonds. The molecule has 1 N–H and O–H groups in total. The number of nitrogens with one attached hydrogen (secondary N) is 1. The van der Waals surface area contributed by atoms with E-state index >= 15 is 0 Å². The Balaban J connectivity index is 1.76. The third-order valence-corrected chi connectivity index (χ3v) is 5.19. The molecular formula is C25H32N2O3. The van der Waals surface area contributed by atoms with E-state index in [1.165, 1.54) is 0 Å². The van der Waals surface area contributed by atoms with Gasteiger partial charge in [-0.05, 0) is 61.7 Å². The van der Waals surface area contributed by atoms with Crippen molar-refractivity contribution < 1.29 is 14.3 Å². The third-order valence-electron chi connectivity index (χ3n) is 5.19. The van der Waals surface area contributed by atoms with Crippen LogP contribution in [0.3, 0.4) is 0 Å². The standard InChI is InChI=1S/C25H32N2O3/c1-5-29-22-14-11-20(17-23(22)30-6-2)24(18(3)4)26-25(28)19-9-12-21(13-10-19)27-15-7-8-16-27/h7-14,17-18,24H,5-6,15-16H2,1-4H3,(H,26,28). The molecule has 0 radical (unpaired) electrons. The van der Waals surface area contributed by atoms with E-state index in [0.717, 1.165) is 30.1 Å². The van der Waals surface area contributed by atoms with Crippen molar-refractivity contribution >= 4 is 11.6 Å². The zero-order chi connectivity index (χ0) is 21.5. The monoisotopic (exact) mass is 408 g/mol. The number of benzene rings is 2. The van der Waals surface area contributed by atoms with Gasteiger partial charge < -0.3 is 19.7 Å². The van der Waals surface area contributed by atoms with Crippen molar-refractivity contribution in [3.05, 3.63) is 65.7 Å². The van der Waals surface area contributed by atoms with Gasteiger partial charge in [0.2, 0.25) is 0 Å². The first-order chi connectivity index (χ1) is 14.5. The molecule has 0 spiro atoms. The Morgan fingerprint density at radius 2 is 1.60 bits per heavy atom. The molecule has 1 unspecified atom stereocenters. The third kappa shape index (κ3) is 5.15. The van der Waals surface area contributed by atoms with Crippen LogP contribution in [-0.4, -0.2) is 32.2 Å². The molecule has 0 saturated heterocycles. The molecule has 1 heterocycles. The number of hydrogen-bond donors (Lipinski definition) is 1. The Hall–Kier alpha value is -2.95. The number of carbonyl (C=O) groups is 1. The van der Waals surface area contributed by atoms with Crippen LogP contribution < -0.4 is 19.7 Å². The molecule has 2 aromatic rings. The second-order valence-corrected chi connectivity index (χ2v) is 7.69. The topological polar surface area (TPSA) is 50.8 Å². The van der Waals surface area contributed by atoms with Gasteiger partial charge in [0.15, 0.2) is 11.5 Å². The Bertz CT molecular complexity index is 866. The lowest BCUT2D eigenvalue weighted by atomic mass is 9.95. The van der Waals surface area contributed by atoms with E-state index in [4.69, 9.17) is 9.47 Å². The van der Waals surface area contributed by atoms with Crippen LogP contribution >= 0.6 is 0 Å². The van der Waals surface area contributed by atoms with E-state index in [0.29, 0.717) is 24.5 Å². The summed E-state index contributed by atoms with van der Waals surface area (Å²) in [6, 6.07) is 13.6. The molecule has 5 heteroatoms. The Morgan fingerprint density at radius 1 is 0.967 bits per heavy atom. The van der Waals surface area contributed by atoms with Crippen LogP contribution in [0.25, 0.3) is 0 Å². The molecule has 30 heavy (non-hydrogen) atoms. The van der Waals surface area contributed by atoms with Gasteiger partial charge in [0.25, 0.3) is 5.91 Å². The predicted octanol–water partition coefficient (Wildman–Crippen LogP) is 4.99. The van der Waals surface area contributed by atoms with E-state index in [9.17, 15) is 4.79 Å². The summed E-state index contributed by atoms with van der Waals surface area (Å²) < 4.78 is 11.4. The van der Waals surface area contributed by atoms with Gasteiger partial charge in [-0.15, -0.1) is 0 Å². The average Bonchev–Trinajstić information content (AvgIpc) is 3.28. The summed E-state index contributed by atoms with van der Waals surface area (Å²) in [5, 5.41) is 3.20. The van der Waals surface area contributed by atoms with Gasteiger partial charge in [-0.3, -0.25) is 4.79 Å². The molecule has 0 aliphatic carbocycles. The largest absolute Gasteiger partial charge is 0.490 e. The van der Waals surface area contributed by atoms with E-state index in [1.807, 2.05) is 56.3 Å². The number of nitrogens with zero attached hydrogens (tertiary/aromatic N) is 1. The van der Waals surface area contributed by atoms with Crippen LogP contribution in [-0.2, 0) is 0 Å². The average molecular weight is 409 g/mol. The van der Waals surface area contributed by atoms with Crippen molar-refractivity contribution in [3.63, 3.8) is 0 Å². The Morgan fingerprint density at radius 3 is 2.20 bits per heavy atom. The quantitative estimate of drug-likeness (QED) is 0.594. The predicted molar refractivity (Wildman–Crippen MR) is 122 cm³/mol. The fourth-order valence-corrected chi connectivity index (χ4v) is 3.63. The van der Waals surface area contributed by atoms with Crippen molar-refractivity contribution in [2.45, 2.75) is 33.7 Å². The normalized spacial score (nSPS) is 14.1. The summed E-state index contributed by atoms with van der Waals surface area (Å²) in [7, 11) is 0. The van der Waals surface area contributed by atoms with Crippen molar-refractivity contribution in [1.82, 2.24) is 5.32 Å². The molecule has 0 fully saturated rings. The number of carbonyl (C=O) groups excluding carboxylic acids is 1. The summed E-state index contributed by atoms with van der Waals surface area (Å²) in [5.74, 6) is 1.58. The minimum atomic E-state index is -0.130. The highest BCUT2D eigenvalue weighted by Gasteiger charge is 2.21. The van der Waals surface area contributed by atoms with Crippen LogP contribution in [0.15, 0.2) is 54.6 Å². The molecular weight excluding hydrogens is 376 g/mol. The lowest BCUT2D eigenvalue weighted by Crippen LogP contribution is -2.31. The van der Waals surface area contributed by atoms with Gasteiger partial charge in [-0.2, -0.15) is 0 Å². The van der Waals surface area contributed by atoms with E-state index in [-0.39, 0.29) is 17.9 Å². The number of amides is 1. The van der Waals surface area contributed by atoms with Gasteiger partial charge in [0, 0.05) is 24.3 Å². The fourth-order valence-electron chi connectivity index (χ4n) is 3.63. The highest BCUT2D eigenvalue weighted by molar-refractivity contribution is 5.94. The number of rotatable bonds is 9. The lowest BCUT2D eigenvalue weighted by Gasteiger charge is -2.24. The van der Waals surface area contributed by atoms with Gasteiger partial charge in [0.1, 0.15) is 0 Å². The second kappa shape index (κ2) is 10.2. The minimum absolute atomic E-state index is 0.0772. The smallest absolute Gasteiger partial charge is 0.251 e. The lowest BCUT2D eigenvalue weighted by molar-refractivity contribution is 0.0925. The van der Waals surface area contributed by atoms with Crippen molar-refractivity contribution in [2.24, 2.45) is 5.92 Å². The Labute approximate surface area is 179 Å².